The molecule has 1 atom stereocenters. The lowest BCUT2D eigenvalue weighted by Crippen LogP contribution is -2.44. The van der Waals surface area contributed by atoms with Gasteiger partial charge in [-0.25, -0.2) is 17.2 Å². The van der Waals surface area contributed by atoms with Crippen molar-refractivity contribution >= 4 is 49.5 Å². The van der Waals surface area contributed by atoms with E-state index in [-0.39, 0.29) is 29.6 Å². The van der Waals surface area contributed by atoms with Gasteiger partial charge in [0.1, 0.15) is 11.6 Å². The van der Waals surface area contributed by atoms with E-state index in [0.717, 1.165) is 29.5 Å². The van der Waals surface area contributed by atoms with E-state index < -0.39 is 21.5 Å². The van der Waals surface area contributed by atoms with Crippen molar-refractivity contribution in [1.29, 1.82) is 0 Å². The predicted octanol–water partition coefficient (Wildman–Crippen LogP) is 6.79. The lowest BCUT2D eigenvalue weighted by Gasteiger charge is -2.42. The summed E-state index contributed by atoms with van der Waals surface area (Å²) in [4.78, 5) is 1.97. The average Bonchev–Trinajstić information content (AvgIpc) is 2.65. The average molecular weight is 529 g/mol. The summed E-state index contributed by atoms with van der Waals surface area (Å²) in [5.41, 5.74) is 2.30. The van der Waals surface area contributed by atoms with Gasteiger partial charge < -0.3 is 0 Å². The van der Waals surface area contributed by atoms with Crippen molar-refractivity contribution in [3.63, 3.8) is 0 Å². The van der Waals surface area contributed by atoms with Crippen LogP contribution in [0.3, 0.4) is 0 Å². The number of halogens is 5. The van der Waals surface area contributed by atoms with E-state index in [0.29, 0.717) is 26.7 Å². The zero-order valence-corrected chi connectivity index (χ0v) is 20.4. The molecule has 0 spiro atoms. The highest BCUT2D eigenvalue weighted by Gasteiger charge is 2.35. The zero-order chi connectivity index (χ0) is 23.9. The van der Waals surface area contributed by atoms with Crippen LogP contribution in [0.1, 0.15) is 22.7 Å². The molecule has 0 aromatic heterocycles. The minimum atomic E-state index is -3.75. The van der Waals surface area contributed by atoms with Gasteiger partial charge in [-0.2, -0.15) is 0 Å². The fourth-order valence-corrected chi connectivity index (χ4v) is 6.00. The molecule has 0 aliphatic carbocycles. The topological polar surface area (TPSA) is 37.4 Å². The van der Waals surface area contributed by atoms with Crippen molar-refractivity contribution in [2.75, 3.05) is 19.3 Å². The van der Waals surface area contributed by atoms with Crippen LogP contribution in [0.25, 0.3) is 4.91 Å². The van der Waals surface area contributed by atoms with E-state index >= 15 is 0 Å². The van der Waals surface area contributed by atoms with Gasteiger partial charge >= 0.3 is 0 Å². The van der Waals surface area contributed by atoms with Gasteiger partial charge in [0.05, 0.1) is 10.9 Å². The molecule has 4 rings (SSSR count). The monoisotopic (exact) mass is 527 g/mol. The molecular formula is C24H18Cl3F2NO2S. The number of sulfone groups is 1. The molecule has 0 amide bonds. The minimum absolute atomic E-state index is 0.00140. The van der Waals surface area contributed by atoms with Crippen LogP contribution in [0.2, 0.25) is 15.1 Å². The molecule has 3 nitrogen and oxygen atoms in total. The van der Waals surface area contributed by atoms with Crippen molar-refractivity contribution in [3.05, 3.63) is 110 Å². The van der Waals surface area contributed by atoms with Gasteiger partial charge in [-0.3, -0.25) is 4.90 Å². The van der Waals surface area contributed by atoms with Crippen molar-refractivity contribution in [2.24, 2.45) is 0 Å². The number of likely N-dealkylation sites (tertiary alicyclic amines) is 1. The molecular weight excluding hydrogens is 511 g/mol. The summed E-state index contributed by atoms with van der Waals surface area (Å²) >= 11 is 18.5. The molecule has 1 heterocycles. The fraction of sp³-hybridized carbons (Fsp3) is 0.167. The number of benzene rings is 3. The van der Waals surface area contributed by atoms with Crippen LogP contribution in [-0.4, -0.2) is 32.7 Å². The summed E-state index contributed by atoms with van der Waals surface area (Å²) < 4.78 is 52.8. The van der Waals surface area contributed by atoms with E-state index in [9.17, 15) is 17.2 Å². The lowest BCUT2D eigenvalue weighted by atomic mass is 9.92. The first-order valence-corrected chi connectivity index (χ1v) is 12.9. The Labute approximate surface area is 206 Å². The molecule has 3 aromatic rings. The Morgan fingerprint density at radius 2 is 1.36 bits per heavy atom. The molecule has 0 bridgehead atoms. The summed E-state index contributed by atoms with van der Waals surface area (Å²) in [5.74, 6) is -1.67. The summed E-state index contributed by atoms with van der Waals surface area (Å²) in [6, 6.07) is 15.0. The van der Waals surface area contributed by atoms with Crippen LogP contribution in [0.5, 0.6) is 0 Å². The van der Waals surface area contributed by atoms with Crippen LogP contribution in [-0.2, 0) is 9.84 Å². The first-order chi connectivity index (χ1) is 15.5. The zero-order valence-electron chi connectivity index (χ0n) is 17.3. The second kappa shape index (κ2) is 9.35. The highest BCUT2D eigenvalue weighted by Crippen LogP contribution is 2.40. The van der Waals surface area contributed by atoms with Gasteiger partial charge in [0.25, 0.3) is 0 Å². The first-order valence-electron chi connectivity index (χ1n) is 9.85. The van der Waals surface area contributed by atoms with Crippen molar-refractivity contribution in [2.45, 2.75) is 6.04 Å². The standard InChI is InChI=1S/C24H18Cl3F2NO2S/c1-33(31,32)24(16-8-21(28)11-22(29)9-16)17-12-30(13-17)23(14-2-4-18(25)5-3-14)15-6-19(26)10-20(27)7-15/h2-11,23H,12-13H2,1H3/t23-/m1/s1. The number of nitrogens with zero attached hydrogens (tertiary/aromatic N) is 1. The van der Waals surface area contributed by atoms with E-state index in [1.165, 1.54) is 0 Å². The molecule has 1 aliphatic heterocycles. The van der Waals surface area contributed by atoms with Crippen molar-refractivity contribution in [1.82, 2.24) is 4.90 Å². The Hall–Kier alpha value is -1.96. The van der Waals surface area contributed by atoms with Gasteiger partial charge in [-0.15, -0.1) is 0 Å². The molecule has 1 aliphatic rings. The van der Waals surface area contributed by atoms with E-state index in [2.05, 4.69) is 0 Å². The largest absolute Gasteiger partial charge is 0.284 e. The summed E-state index contributed by atoms with van der Waals surface area (Å²) in [5, 5.41) is 1.53. The maximum absolute atomic E-state index is 13.8. The smallest absolute Gasteiger partial charge is 0.176 e. The second-order valence-corrected chi connectivity index (χ2v) is 11.2. The quantitative estimate of drug-likeness (QED) is 0.366. The maximum atomic E-state index is 13.8. The Morgan fingerprint density at radius 3 is 1.88 bits per heavy atom. The molecule has 0 saturated carbocycles. The van der Waals surface area contributed by atoms with Crippen LogP contribution < -0.4 is 0 Å². The minimum Gasteiger partial charge on any atom is -0.284 e. The lowest BCUT2D eigenvalue weighted by molar-refractivity contribution is 0.203. The van der Waals surface area contributed by atoms with Gasteiger partial charge in [-0.05, 0) is 64.7 Å². The summed E-state index contributed by atoms with van der Waals surface area (Å²) in [6.45, 7) is 0.552. The SMILES string of the molecule is CS(=O)(=O)C(=C1CN([C@H](c2ccc(Cl)cc2)c2cc(Cl)cc(Cl)c2)C1)c1cc(F)cc(F)c1. The molecule has 33 heavy (non-hydrogen) atoms. The molecule has 3 aromatic carbocycles. The molecule has 0 radical (unpaired) electrons. The van der Waals surface area contributed by atoms with E-state index in [4.69, 9.17) is 34.8 Å². The number of rotatable bonds is 5. The molecule has 1 saturated heterocycles. The Bertz CT molecular complexity index is 1310. The third-order valence-corrected chi connectivity index (χ3v) is 7.31. The van der Waals surface area contributed by atoms with Crippen LogP contribution in [0.4, 0.5) is 8.78 Å². The van der Waals surface area contributed by atoms with Crippen molar-refractivity contribution < 1.29 is 17.2 Å². The summed E-state index contributed by atoms with van der Waals surface area (Å²) in [6.07, 6.45) is 1.04. The van der Waals surface area contributed by atoms with Crippen LogP contribution >= 0.6 is 34.8 Å². The van der Waals surface area contributed by atoms with Crippen molar-refractivity contribution in [3.8, 4) is 0 Å². The second-order valence-electron chi connectivity index (χ2n) is 7.92. The molecule has 9 heteroatoms. The van der Waals surface area contributed by atoms with Crippen LogP contribution in [0.15, 0.2) is 66.2 Å². The fourth-order valence-electron chi connectivity index (χ4n) is 4.13. The number of hydrogen-bond acceptors (Lipinski definition) is 3. The van der Waals surface area contributed by atoms with Crippen LogP contribution in [0, 0.1) is 11.6 Å². The van der Waals surface area contributed by atoms with Gasteiger partial charge in [0, 0.05) is 40.5 Å². The highest BCUT2D eigenvalue weighted by atomic mass is 35.5. The third-order valence-electron chi connectivity index (χ3n) is 5.36. The Kier molecular flexibility index (Phi) is 6.85. The molecule has 0 unspecified atom stereocenters. The van der Waals surface area contributed by atoms with Gasteiger partial charge in [0.15, 0.2) is 9.84 Å². The molecule has 0 N–H and O–H groups in total. The van der Waals surface area contributed by atoms with E-state index in [1.54, 1.807) is 30.3 Å². The Morgan fingerprint density at radius 1 is 0.818 bits per heavy atom. The van der Waals surface area contributed by atoms with Gasteiger partial charge in [-0.1, -0.05) is 46.9 Å². The molecule has 1 fully saturated rings. The summed E-state index contributed by atoms with van der Waals surface area (Å²) in [7, 11) is -3.75. The van der Waals surface area contributed by atoms with E-state index in [1.807, 2.05) is 17.0 Å². The Balaban J connectivity index is 1.77. The predicted molar refractivity (Wildman–Crippen MR) is 129 cm³/mol. The first kappa shape index (κ1) is 24.2. The normalized spacial score (nSPS) is 15.3. The molecule has 172 valence electrons. The maximum Gasteiger partial charge on any atom is 0.176 e. The highest BCUT2D eigenvalue weighted by molar-refractivity contribution is 8.00. The number of hydrogen-bond donors (Lipinski definition) is 0. The third kappa shape index (κ3) is 5.42. The van der Waals surface area contributed by atoms with Gasteiger partial charge in [0.2, 0.25) is 0 Å².